The smallest absolute Gasteiger partial charge is 0.266 e. The van der Waals surface area contributed by atoms with Crippen molar-refractivity contribution >= 4 is 29.3 Å². The number of aliphatic hydroxyl groups excluding tert-OH is 2. The molecule has 8 nitrogen and oxygen atoms in total. The van der Waals surface area contributed by atoms with E-state index in [0.29, 0.717) is 29.2 Å². The Morgan fingerprint density at radius 2 is 2.06 bits per heavy atom. The first-order valence-electron chi connectivity index (χ1n) is 10.4. The number of hydrogen-bond donors (Lipinski definition) is 5. The number of halogens is 2. The van der Waals surface area contributed by atoms with Gasteiger partial charge in [-0.05, 0) is 18.6 Å². The molecule has 0 amide bonds. The van der Waals surface area contributed by atoms with Gasteiger partial charge in [-0.15, -0.1) is 0 Å². The van der Waals surface area contributed by atoms with Gasteiger partial charge in [0.1, 0.15) is 11.6 Å². The Morgan fingerprint density at radius 1 is 1.27 bits per heavy atom. The third-order valence-corrected chi connectivity index (χ3v) is 5.92. The number of aliphatic hydroxyl groups is 2. The van der Waals surface area contributed by atoms with Crippen molar-refractivity contribution in [3.05, 3.63) is 81.1 Å². The van der Waals surface area contributed by atoms with Crippen molar-refractivity contribution in [1.82, 2.24) is 9.55 Å². The predicted molar refractivity (Wildman–Crippen MR) is 125 cm³/mol. The molecule has 3 atom stereocenters. The maximum Gasteiger partial charge on any atom is 0.266 e. The highest BCUT2D eigenvalue weighted by Gasteiger charge is 2.32. The molecule has 0 saturated heterocycles. The third-order valence-electron chi connectivity index (χ3n) is 5.63. The molecule has 1 aliphatic rings. The summed E-state index contributed by atoms with van der Waals surface area (Å²) in [5.41, 5.74) is 0.770. The van der Waals surface area contributed by atoms with Crippen LogP contribution in [0.4, 0.5) is 15.9 Å². The highest BCUT2D eigenvalue weighted by atomic mass is 35.5. The van der Waals surface area contributed by atoms with Gasteiger partial charge in [-0.1, -0.05) is 29.8 Å². The lowest BCUT2D eigenvalue weighted by molar-refractivity contribution is 0.134. The molecule has 1 fully saturated rings. The van der Waals surface area contributed by atoms with Crippen molar-refractivity contribution in [2.45, 2.75) is 37.6 Å². The lowest BCUT2D eigenvalue weighted by atomic mass is 10.2. The molecule has 0 bridgehead atoms. The standard InChI is InChI=1S/C23H23ClFN5O3/c24-16-12-28-22(29-19-7-14(31)8-21(19)32)9-20(16)30-6-5-18(15(10-26)23(30)33)27-11-13-3-1-2-4-17(13)25/h1-6,9-10,12,14,19,21,26-27,31-32H,7-8,11H2,(H,28,29)/t14-,19?,21-/m1/s1. The van der Waals surface area contributed by atoms with Gasteiger partial charge in [0.25, 0.3) is 5.56 Å². The third kappa shape index (κ3) is 4.90. The number of rotatable bonds is 7. The van der Waals surface area contributed by atoms with Gasteiger partial charge in [0.15, 0.2) is 0 Å². The molecule has 10 heteroatoms. The number of benzene rings is 1. The van der Waals surface area contributed by atoms with Gasteiger partial charge in [-0.3, -0.25) is 9.36 Å². The Labute approximate surface area is 194 Å². The van der Waals surface area contributed by atoms with Crippen molar-refractivity contribution in [2.24, 2.45) is 0 Å². The summed E-state index contributed by atoms with van der Waals surface area (Å²) in [6.45, 7) is 0.149. The van der Waals surface area contributed by atoms with Crippen LogP contribution < -0.4 is 16.2 Å². The second-order valence-electron chi connectivity index (χ2n) is 7.87. The Hall–Kier alpha value is -3.27. The largest absolute Gasteiger partial charge is 0.393 e. The first kappa shape index (κ1) is 22.9. The summed E-state index contributed by atoms with van der Waals surface area (Å²) in [5.74, 6) is 0.0239. The summed E-state index contributed by atoms with van der Waals surface area (Å²) in [5, 5.41) is 33.8. The van der Waals surface area contributed by atoms with E-state index in [4.69, 9.17) is 17.0 Å². The van der Waals surface area contributed by atoms with Gasteiger partial charge in [-0.2, -0.15) is 0 Å². The van der Waals surface area contributed by atoms with Gasteiger partial charge in [-0.25, -0.2) is 9.37 Å². The van der Waals surface area contributed by atoms with Crippen molar-refractivity contribution < 1.29 is 14.6 Å². The Kier molecular flexibility index (Phi) is 6.73. The zero-order valence-corrected chi connectivity index (χ0v) is 18.3. The molecule has 5 N–H and O–H groups in total. The molecule has 1 unspecified atom stereocenters. The normalized spacial score (nSPS) is 19.9. The molecule has 172 valence electrons. The van der Waals surface area contributed by atoms with Crippen LogP contribution in [0.1, 0.15) is 24.0 Å². The lowest BCUT2D eigenvalue weighted by Gasteiger charge is -2.18. The summed E-state index contributed by atoms with van der Waals surface area (Å²) in [4.78, 5) is 17.3. The topological polar surface area (TPSA) is 123 Å². The van der Waals surface area contributed by atoms with Gasteiger partial charge in [0.2, 0.25) is 0 Å². The summed E-state index contributed by atoms with van der Waals surface area (Å²) in [6.07, 6.45) is 3.19. The van der Waals surface area contributed by atoms with Crippen LogP contribution in [0.25, 0.3) is 5.69 Å². The fraction of sp³-hybridized carbons (Fsp3) is 0.261. The molecule has 4 rings (SSSR count). The van der Waals surface area contributed by atoms with Crippen LogP contribution in [0.2, 0.25) is 5.02 Å². The van der Waals surface area contributed by atoms with Crippen molar-refractivity contribution in [1.29, 1.82) is 5.41 Å². The number of anilines is 2. The van der Waals surface area contributed by atoms with Gasteiger partial charge < -0.3 is 26.3 Å². The summed E-state index contributed by atoms with van der Waals surface area (Å²) >= 11 is 6.31. The Balaban J connectivity index is 1.62. The van der Waals surface area contributed by atoms with E-state index in [2.05, 4.69) is 15.6 Å². The fourth-order valence-electron chi connectivity index (χ4n) is 3.89. The monoisotopic (exact) mass is 471 g/mol. The van der Waals surface area contributed by atoms with Crippen LogP contribution in [0.15, 0.2) is 53.6 Å². The first-order valence-corrected chi connectivity index (χ1v) is 10.8. The van der Waals surface area contributed by atoms with Crippen LogP contribution in [-0.2, 0) is 6.54 Å². The van der Waals surface area contributed by atoms with Crippen LogP contribution in [0.5, 0.6) is 0 Å². The Morgan fingerprint density at radius 3 is 2.76 bits per heavy atom. The molecular weight excluding hydrogens is 449 g/mol. The van der Waals surface area contributed by atoms with E-state index in [1.54, 1.807) is 30.3 Å². The van der Waals surface area contributed by atoms with Crippen LogP contribution in [0, 0.1) is 11.2 Å². The number of aromatic nitrogens is 2. The van der Waals surface area contributed by atoms with E-state index in [-0.39, 0.29) is 35.4 Å². The van der Waals surface area contributed by atoms with Crippen LogP contribution in [-0.4, -0.2) is 44.2 Å². The number of nitrogens with one attached hydrogen (secondary N) is 3. The van der Waals surface area contributed by atoms with E-state index in [0.717, 1.165) is 6.21 Å². The maximum atomic E-state index is 13.9. The molecule has 0 radical (unpaired) electrons. The maximum absolute atomic E-state index is 13.9. The zero-order chi connectivity index (χ0) is 23.5. The van der Waals surface area contributed by atoms with Crippen molar-refractivity contribution in [2.75, 3.05) is 10.6 Å². The lowest BCUT2D eigenvalue weighted by Crippen LogP contribution is -2.28. The second-order valence-corrected chi connectivity index (χ2v) is 8.28. The number of hydrogen-bond acceptors (Lipinski definition) is 7. The van der Waals surface area contributed by atoms with Gasteiger partial charge in [0, 0.05) is 37.0 Å². The molecule has 2 heterocycles. The average molecular weight is 472 g/mol. The van der Waals surface area contributed by atoms with Gasteiger partial charge in [0.05, 0.1) is 46.4 Å². The minimum absolute atomic E-state index is 0.0885. The van der Waals surface area contributed by atoms with E-state index >= 15 is 0 Å². The van der Waals surface area contributed by atoms with Crippen LogP contribution in [0.3, 0.4) is 0 Å². The molecule has 1 aromatic carbocycles. The summed E-state index contributed by atoms with van der Waals surface area (Å²) in [7, 11) is 0. The SMILES string of the molecule is N=Cc1c(NCc2ccccc2F)ccn(-c2cc(NC3C[C@@H](O)C[C@H]3O)ncc2Cl)c1=O. The minimum atomic E-state index is -0.715. The predicted octanol–water partition coefficient (Wildman–Crippen LogP) is 2.93. The summed E-state index contributed by atoms with van der Waals surface area (Å²) in [6, 6.07) is 9.12. The molecule has 1 saturated carbocycles. The fourth-order valence-corrected chi connectivity index (χ4v) is 4.09. The molecule has 33 heavy (non-hydrogen) atoms. The van der Waals surface area contributed by atoms with Crippen LogP contribution >= 0.6 is 11.6 Å². The van der Waals surface area contributed by atoms with Crippen molar-refractivity contribution in [3.63, 3.8) is 0 Å². The molecule has 1 aliphatic carbocycles. The van der Waals surface area contributed by atoms with E-state index < -0.39 is 17.8 Å². The van der Waals surface area contributed by atoms with Gasteiger partial charge >= 0.3 is 0 Å². The molecule has 3 aromatic rings. The molecular formula is C23H23ClFN5O3. The number of pyridine rings is 2. The average Bonchev–Trinajstić information content (AvgIpc) is 3.11. The highest BCUT2D eigenvalue weighted by Crippen LogP contribution is 2.26. The van der Waals surface area contributed by atoms with E-state index in [1.165, 1.54) is 23.0 Å². The molecule has 0 aliphatic heterocycles. The zero-order valence-electron chi connectivity index (χ0n) is 17.5. The highest BCUT2D eigenvalue weighted by molar-refractivity contribution is 6.32. The minimum Gasteiger partial charge on any atom is -0.393 e. The number of nitrogens with zero attached hydrogens (tertiary/aromatic N) is 2. The van der Waals surface area contributed by atoms with Crippen molar-refractivity contribution in [3.8, 4) is 5.69 Å². The first-order chi connectivity index (χ1) is 15.9. The quantitative estimate of drug-likeness (QED) is 0.338. The van der Waals surface area contributed by atoms with E-state index in [9.17, 15) is 19.4 Å². The Bertz CT molecular complexity index is 1230. The molecule has 2 aromatic heterocycles. The van der Waals surface area contributed by atoms with E-state index in [1.807, 2.05) is 0 Å². The molecule has 0 spiro atoms. The summed E-state index contributed by atoms with van der Waals surface area (Å²) < 4.78 is 15.2. The second kappa shape index (κ2) is 9.70.